The van der Waals surface area contributed by atoms with E-state index in [9.17, 15) is 0 Å². The van der Waals surface area contributed by atoms with Crippen molar-refractivity contribution in [2.45, 2.75) is 31.6 Å². The Morgan fingerprint density at radius 1 is 1.32 bits per heavy atom. The number of hydrogen-bond acceptors (Lipinski definition) is 3. The van der Waals surface area contributed by atoms with Crippen molar-refractivity contribution in [3.63, 3.8) is 0 Å². The van der Waals surface area contributed by atoms with Crippen molar-refractivity contribution in [3.05, 3.63) is 29.8 Å². The molecule has 1 aromatic carbocycles. The van der Waals surface area contributed by atoms with E-state index in [1.54, 1.807) is 0 Å². The van der Waals surface area contributed by atoms with Crippen molar-refractivity contribution in [1.29, 1.82) is 0 Å². The Kier molecular flexibility index (Phi) is 4.54. The second kappa shape index (κ2) is 6.97. The summed E-state index contributed by atoms with van der Waals surface area (Å²) in [6, 6.07) is 7.98. The molecule has 0 radical (unpaired) electrons. The van der Waals surface area contributed by atoms with Crippen LogP contribution in [0.2, 0.25) is 0 Å². The van der Waals surface area contributed by atoms with Crippen LogP contribution in [0.4, 0.5) is 0 Å². The number of rotatable bonds is 4. The Morgan fingerprint density at radius 3 is 2.72 bits per heavy atom. The van der Waals surface area contributed by atoms with Crippen LogP contribution in [0.15, 0.2) is 29.3 Å². The molecule has 4 rings (SSSR count). The van der Waals surface area contributed by atoms with Gasteiger partial charge in [0.25, 0.3) is 0 Å². The molecule has 5 heteroatoms. The zero-order valence-corrected chi connectivity index (χ0v) is 14.6. The molecule has 25 heavy (non-hydrogen) atoms. The molecule has 5 nitrogen and oxygen atoms in total. The fourth-order valence-electron chi connectivity index (χ4n) is 4.55. The van der Waals surface area contributed by atoms with Crippen molar-refractivity contribution in [2.75, 3.05) is 26.7 Å². The molecule has 2 bridgehead atoms. The van der Waals surface area contributed by atoms with Gasteiger partial charge in [0.1, 0.15) is 12.4 Å². The lowest BCUT2D eigenvalue weighted by molar-refractivity contribution is 0.0767. The van der Waals surface area contributed by atoms with E-state index in [4.69, 9.17) is 15.9 Å². The van der Waals surface area contributed by atoms with E-state index in [1.807, 2.05) is 25.2 Å². The number of guanidine groups is 1. The van der Waals surface area contributed by atoms with Crippen LogP contribution in [0.1, 0.15) is 18.4 Å². The molecule has 0 aromatic heterocycles. The lowest BCUT2D eigenvalue weighted by Gasteiger charge is -2.23. The van der Waals surface area contributed by atoms with E-state index in [0.29, 0.717) is 30.6 Å². The first-order chi connectivity index (χ1) is 12.3. The number of benzene rings is 1. The van der Waals surface area contributed by atoms with Crippen molar-refractivity contribution in [2.24, 2.45) is 16.8 Å². The van der Waals surface area contributed by atoms with Gasteiger partial charge in [-0.2, -0.15) is 0 Å². The Balaban J connectivity index is 1.39. The van der Waals surface area contributed by atoms with Gasteiger partial charge in [0.2, 0.25) is 0 Å². The van der Waals surface area contributed by atoms with Gasteiger partial charge < -0.3 is 19.7 Å². The van der Waals surface area contributed by atoms with Crippen molar-refractivity contribution >= 4 is 5.96 Å². The molecule has 0 amide bonds. The Bertz CT molecular complexity index is 678. The van der Waals surface area contributed by atoms with E-state index in [0.717, 1.165) is 30.4 Å². The zero-order chi connectivity index (χ0) is 17.2. The third-order valence-electron chi connectivity index (χ3n) is 5.68. The Morgan fingerprint density at radius 2 is 2.04 bits per heavy atom. The Hall–Kier alpha value is -2.19. The number of likely N-dealkylation sites (tertiary alicyclic amines) is 1. The number of nitrogens with one attached hydrogen (secondary N) is 1. The average molecular weight is 339 g/mol. The molecule has 132 valence electrons. The molecule has 3 aliphatic rings. The summed E-state index contributed by atoms with van der Waals surface area (Å²) < 4.78 is 11.7. The molecule has 3 saturated heterocycles. The smallest absolute Gasteiger partial charge is 0.193 e. The van der Waals surface area contributed by atoms with Gasteiger partial charge in [-0.3, -0.25) is 4.99 Å². The predicted molar refractivity (Wildman–Crippen MR) is 97.4 cm³/mol. The average Bonchev–Trinajstić information content (AvgIpc) is 3.34. The summed E-state index contributed by atoms with van der Waals surface area (Å²) in [5, 5.41) is 3.49. The maximum absolute atomic E-state index is 6.06. The van der Waals surface area contributed by atoms with E-state index in [2.05, 4.69) is 27.2 Å². The summed E-state index contributed by atoms with van der Waals surface area (Å²) in [6.07, 6.45) is 8.69. The molecule has 4 unspecified atom stereocenters. The first kappa shape index (κ1) is 16.3. The first-order valence-electron chi connectivity index (χ1n) is 9.05. The van der Waals surface area contributed by atoms with Crippen LogP contribution in [0.3, 0.4) is 0 Å². The predicted octanol–water partition coefficient (Wildman–Crippen LogP) is 1.88. The summed E-state index contributed by atoms with van der Waals surface area (Å²) in [4.78, 5) is 6.88. The number of nitrogens with zero attached hydrogens (tertiary/aromatic N) is 2. The highest BCUT2D eigenvalue weighted by atomic mass is 16.5. The molecule has 3 fully saturated rings. The minimum absolute atomic E-state index is 0.282. The molecule has 1 aromatic rings. The molecule has 3 aliphatic heterocycles. The largest absolute Gasteiger partial charge is 0.481 e. The first-order valence-corrected chi connectivity index (χ1v) is 9.05. The number of aliphatic imine (C=N–C) groups is 1. The fourth-order valence-corrected chi connectivity index (χ4v) is 4.55. The van der Waals surface area contributed by atoms with Crippen LogP contribution in [0.5, 0.6) is 5.75 Å². The number of hydrogen-bond donors (Lipinski definition) is 1. The molecular formula is C20H25N3O2. The third kappa shape index (κ3) is 3.07. The highest BCUT2D eigenvalue weighted by Crippen LogP contribution is 2.47. The lowest BCUT2D eigenvalue weighted by Crippen LogP contribution is -2.41. The van der Waals surface area contributed by atoms with E-state index in [-0.39, 0.29) is 6.61 Å². The zero-order valence-electron chi connectivity index (χ0n) is 14.6. The monoisotopic (exact) mass is 339 g/mol. The van der Waals surface area contributed by atoms with Gasteiger partial charge in [0, 0.05) is 44.1 Å². The molecule has 0 aliphatic carbocycles. The standard InChI is InChI=1S/C20H25N3O2/c1-3-10-24-17-7-5-4-6-14(17)11-22-20(21-2)23-12-15-16(13-23)19-9-8-18(15)25-19/h1,4-7,15-16,18-19H,8-13H2,2H3,(H,21,22). The minimum atomic E-state index is 0.282. The van der Waals surface area contributed by atoms with Crippen LogP contribution in [-0.2, 0) is 11.3 Å². The quantitative estimate of drug-likeness (QED) is 0.517. The number of ether oxygens (including phenoxy) is 2. The maximum atomic E-state index is 6.06. The second-order valence-corrected chi connectivity index (χ2v) is 7.02. The topological polar surface area (TPSA) is 46.1 Å². The van der Waals surface area contributed by atoms with Gasteiger partial charge in [0.15, 0.2) is 5.96 Å². The fraction of sp³-hybridized carbons (Fsp3) is 0.550. The number of terminal acetylenes is 1. The second-order valence-electron chi connectivity index (χ2n) is 7.02. The summed E-state index contributed by atoms with van der Waals surface area (Å²) in [5.41, 5.74) is 1.08. The van der Waals surface area contributed by atoms with Crippen LogP contribution < -0.4 is 10.1 Å². The molecular weight excluding hydrogens is 314 g/mol. The summed E-state index contributed by atoms with van der Waals surface area (Å²) in [7, 11) is 1.85. The summed E-state index contributed by atoms with van der Waals surface area (Å²) >= 11 is 0. The van der Waals surface area contributed by atoms with E-state index >= 15 is 0 Å². The molecule has 0 spiro atoms. The van der Waals surface area contributed by atoms with Crippen LogP contribution in [0.25, 0.3) is 0 Å². The summed E-state index contributed by atoms with van der Waals surface area (Å²) in [6.45, 7) is 3.04. The van der Waals surface area contributed by atoms with Crippen LogP contribution in [-0.4, -0.2) is 49.8 Å². The molecule has 4 atom stereocenters. The van der Waals surface area contributed by atoms with E-state index in [1.165, 1.54) is 12.8 Å². The van der Waals surface area contributed by atoms with Gasteiger partial charge in [-0.05, 0) is 18.9 Å². The normalized spacial score (nSPS) is 30.2. The molecule has 3 heterocycles. The third-order valence-corrected chi connectivity index (χ3v) is 5.68. The minimum Gasteiger partial charge on any atom is -0.481 e. The number of para-hydroxylation sites is 1. The van der Waals surface area contributed by atoms with E-state index < -0.39 is 0 Å². The Labute approximate surface area is 149 Å². The SMILES string of the molecule is C#CCOc1ccccc1CNC(=NC)N1CC2C3CCC(O3)C2C1. The lowest BCUT2D eigenvalue weighted by atomic mass is 9.82. The van der Waals surface area contributed by atoms with Gasteiger partial charge >= 0.3 is 0 Å². The highest BCUT2D eigenvalue weighted by Gasteiger charge is 2.53. The molecule has 0 saturated carbocycles. The van der Waals surface area contributed by atoms with Gasteiger partial charge in [-0.15, -0.1) is 6.42 Å². The highest BCUT2D eigenvalue weighted by molar-refractivity contribution is 5.80. The van der Waals surface area contributed by atoms with Gasteiger partial charge in [-0.25, -0.2) is 0 Å². The number of fused-ring (bicyclic) bond motifs is 5. The van der Waals surface area contributed by atoms with Crippen LogP contribution in [0, 0.1) is 24.2 Å². The van der Waals surface area contributed by atoms with Crippen molar-refractivity contribution < 1.29 is 9.47 Å². The van der Waals surface area contributed by atoms with Crippen molar-refractivity contribution in [1.82, 2.24) is 10.2 Å². The molecule has 1 N–H and O–H groups in total. The van der Waals surface area contributed by atoms with Gasteiger partial charge in [-0.1, -0.05) is 24.1 Å². The maximum Gasteiger partial charge on any atom is 0.193 e. The van der Waals surface area contributed by atoms with Gasteiger partial charge in [0.05, 0.1) is 12.2 Å². The summed E-state index contributed by atoms with van der Waals surface area (Å²) in [5.74, 6) is 5.64. The van der Waals surface area contributed by atoms with Crippen molar-refractivity contribution in [3.8, 4) is 18.1 Å². The van der Waals surface area contributed by atoms with Crippen LogP contribution >= 0.6 is 0 Å².